The summed E-state index contributed by atoms with van der Waals surface area (Å²) in [5.74, 6) is 0.956. The van der Waals surface area contributed by atoms with E-state index < -0.39 is 11.1 Å². The molecule has 11 nitrogen and oxygen atoms in total. The average molecular weight is 496 g/mol. The number of H-pyrrole nitrogens is 1. The largest absolute Gasteiger partial charge is 0.771 e. The highest BCUT2D eigenvalue weighted by molar-refractivity contribution is 7.79. The van der Waals surface area contributed by atoms with Gasteiger partial charge in [-0.05, 0) is 23.2 Å². The van der Waals surface area contributed by atoms with Crippen molar-refractivity contribution in [3.63, 3.8) is 0 Å². The maximum absolute atomic E-state index is 11.0. The molecule has 6 rings (SSSR count). The van der Waals surface area contributed by atoms with Crippen molar-refractivity contribution in [1.82, 2.24) is 34.1 Å². The smallest absolute Gasteiger partial charge is 0.180 e. The van der Waals surface area contributed by atoms with E-state index in [1.807, 2.05) is 29.6 Å². The SMILES string of the molecule is O=S([O-])CN1CCN(Cc2cn3cc(-c4cnc5[nH]ccc5c4)nc(N4CCOCC4)c3n2)CC1. The first kappa shape index (κ1) is 22.6. The Hall–Kier alpha value is -2.90. The molecule has 0 spiro atoms. The van der Waals surface area contributed by atoms with Gasteiger partial charge in [0, 0.05) is 81.6 Å². The molecular formula is C23H27N8O3S-. The van der Waals surface area contributed by atoms with Gasteiger partial charge in [0.2, 0.25) is 0 Å². The fraction of sp³-hybridized carbons (Fsp3) is 0.435. The molecule has 0 radical (unpaired) electrons. The molecule has 4 aromatic heterocycles. The van der Waals surface area contributed by atoms with Crippen LogP contribution in [-0.2, 0) is 22.4 Å². The third-order valence-electron chi connectivity index (χ3n) is 6.61. The van der Waals surface area contributed by atoms with Crippen LogP contribution in [0.2, 0.25) is 0 Å². The van der Waals surface area contributed by atoms with Crippen LogP contribution >= 0.6 is 0 Å². The number of nitrogens with one attached hydrogen (secondary N) is 1. The number of ether oxygens (including phenoxy) is 1. The van der Waals surface area contributed by atoms with E-state index in [1.54, 1.807) is 0 Å². The van der Waals surface area contributed by atoms with E-state index >= 15 is 0 Å². The molecule has 0 bridgehead atoms. The first-order valence-corrected chi connectivity index (χ1v) is 13.0. The standard InChI is InChI=1S/C23H28N8O3S/c32-35(33)16-29-5-3-28(4-6-29)13-19-14-31-15-20(18-11-17-1-2-24-21(17)25-12-18)27-23(22(31)26-19)30-7-9-34-10-8-30/h1-2,11-12,14-15H,3-10,13,16H2,(H,24,25)(H,32,33)/p-1. The third kappa shape index (κ3) is 4.80. The van der Waals surface area contributed by atoms with E-state index in [4.69, 9.17) is 14.7 Å². The highest BCUT2D eigenvalue weighted by Crippen LogP contribution is 2.27. The highest BCUT2D eigenvalue weighted by Gasteiger charge is 2.22. The van der Waals surface area contributed by atoms with E-state index in [2.05, 4.69) is 36.4 Å². The van der Waals surface area contributed by atoms with Gasteiger partial charge in [-0.2, -0.15) is 0 Å². The number of rotatable bonds is 6. The third-order valence-corrected chi connectivity index (χ3v) is 7.19. The predicted octanol–water partition coefficient (Wildman–Crippen LogP) is 1.06. The van der Waals surface area contributed by atoms with Crippen molar-refractivity contribution in [2.45, 2.75) is 6.54 Å². The number of pyridine rings is 1. The molecule has 35 heavy (non-hydrogen) atoms. The van der Waals surface area contributed by atoms with Crippen LogP contribution in [0.1, 0.15) is 5.69 Å². The Balaban J connectivity index is 1.31. The van der Waals surface area contributed by atoms with E-state index in [0.717, 1.165) is 78.7 Å². The zero-order chi connectivity index (χ0) is 23.8. The molecule has 2 aliphatic heterocycles. The van der Waals surface area contributed by atoms with E-state index in [1.165, 1.54) is 0 Å². The van der Waals surface area contributed by atoms with Gasteiger partial charge in [-0.15, -0.1) is 0 Å². The maximum atomic E-state index is 11.0. The van der Waals surface area contributed by atoms with Crippen LogP contribution in [0.5, 0.6) is 0 Å². The minimum Gasteiger partial charge on any atom is -0.771 e. The Morgan fingerprint density at radius 1 is 1.06 bits per heavy atom. The molecule has 2 saturated heterocycles. The van der Waals surface area contributed by atoms with Crippen LogP contribution in [0.4, 0.5) is 5.82 Å². The Morgan fingerprint density at radius 2 is 1.86 bits per heavy atom. The molecule has 1 N–H and O–H groups in total. The number of aromatic nitrogens is 5. The minimum atomic E-state index is -2.04. The lowest BCUT2D eigenvalue weighted by molar-refractivity contribution is 0.122. The molecule has 12 heteroatoms. The summed E-state index contributed by atoms with van der Waals surface area (Å²) >= 11 is -2.04. The molecule has 0 aliphatic carbocycles. The summed E-state index contributed by atoms with van der Waals surface area (Å²) in [6.07, 6.45) is 7.83. The summed E-state index contributed by atoms with van der Waals surface area (Å²) in [6.45, 7) is 6.69. The molecule has 184 valence electrons. The van der Waals surface area contributed by atoms with Crippen molar-refractivity contribution in [3.05, 3.63) is 42.6 Å². The normalized spacial score (nSPS) is 19.1. The molecule has 4 aromatic rings. The van der Waals surface area contributed by atoms with Crippen LogP contribution in [0.3, 0.4) is 0 Å². The first-order chi connectivity index (χ1) is 17.1. The van der Waals surface area contributed by atoms with Gasteiger partial charge >= 0.3 is 0 Å². The van der Waals surface area contributed by atoms with Gasteiger partial charge in [0.05, 0.1) is 30.5 Å². The lowest BCUT2D eigenvalue weighted by Gasteiger charge is -2.34. The van der Waals surface area contributed by atoms with Crippen molar-refractivity contribution >= 4 is 33.6 Å². The second-order valence-electron chi connectivity index (χ2n) is 8.98. The number of nitrogens with zero attached hydrogens (tertiary/aromatic N) is 7. The van der Waals surface area contributed by atoms with Gasteiger partial charge in [-0.3, -0.25) is 14.0 Å². The van der Waals surface area contributed by atoms with Crippen molar-refractivity contribution in [2.75, 3.05) is 63.3 Å². The van der Waals surface area contributed by atoms with Gasteiger partial charge in [0.25, 0.3) is 0 Å². The summed E-state index contributed by atoms with van der Waals surface area (Å²) < 4.78 is 29.6. The number of hydrogen-bond donors (Lipinski definition) is 1. The van der Waals surface area contributed by atoms with Crippen molar-refractivity contribution in [1.29, 1.82) is 0 Å². The molecule has 1 unspecified atom stereocenters. The number of piperazine rings is 1. The predicted molar refractivity (Wildman–Crippen MR) is 132 cm³/mol. The second-order valence-corrected chi connectivity index (χ2v) is 9.84. The summed E-state index contributed by atoms with van der Waals surface area (Å²) in [6, 6.07) is 4.11. The lowest BCUT2D eigenvalue weighted by Crippen LogP contribution is -2.46. The van der Waals surface area contributed by atoms with Crippen LogP contribution < -0.4 is 4.90 Å². The zero-order valence-corrected chi connectivity index (χ0v) is 20.1. The monoisotopic (exact) mass is 495 g/mol. The molecule has 2 aliphatic rings. The van der Waals surface area contributed by atoms with Gasteiger partial charge in [0.15, 0.2) is 11.5 Å². The van der Waals surface area contributed by atoms with Gasteiger partial charge in [0.1, 0.15) is 5.65 Å². The topological polar surface area (TPSA) is 118 Å². The maximum Gasteiger partial charge on any atom is 0.180 e. The fourth-order valence-electron chi connectivity index (χ4n) is 4.77. The van der Waals surface area contributed by atoms with Crippen LogP contribution in [-0.4, -0.2) is 101 Å². The first-order valence-electron chi connectivity index (χ1n) is 11.8. The molecule has 6 heterocycles. The van der Waals surface area contributed by atoms with Gasteiger partial charge in [-0.25, -0.2) is 15.0 Å². The summed E-state index contributed by atoms with van der Waals surface area (Å²) in [5, 5.41) is 1.04. The molecule has 0 aromatic carbocycles. The number of anilines is 1. The fourth-order valence-corrected chi connectivity index (χ4v) is 5.33. The van der Waals surface area contributed by atoms with Crippen molar-refractivity contribution < 1.29 is 13.5 Å². The zero-order valence-electron chi connectivity index (χ0n) is 19.3. The minimum absolute atomic E-state index is 0.100. The van der Waals surface area contributed by atoms with Gasteiger partial charge in [-0.1, -0.05) is 0 Å². The summed E-state index contributed by atoms with van der Waals surface area (Å²) in [5.41, 5.74) is 4.46. The van der Waals surface area contributed by atoms with Crippen LogP contribution in [0, 0.1) is 0 Å². The summed E-state index contributed by atoms with van der Waals surface area (Å²) in [7, 11) is 0. The highest BCUT2D eigenvalue weighted by atomic mass is 32.2. The number of morpholine rings is 1. The second kappa shape index (κ2) is 9.63. The Kier molecular flexibility index (Phi) is 6.20. The molecule has 0 amide bonds. The van der Waals surface area contributed by atoms with E-state index in [9.17, 15) is 8.76 Å². The Labute approximate surface area is 205 Å². The molecular weight excluding hydrogens is 468 g/mol. The molecule has 1 atom stereocenters. The molecule has 2 fully saturated rings. The number of hydrogen-bond acceptors (Lipinski definition) is 9. The molecule has 0 saturated carbocycles. The Morgan fingerprint density at radius 3 is 2.66 bits per heavy atom. The summed E-state index contributed by atoms with van der Waals surface area (Å²) in [4.78, 5) is 24.2. The van der Waals surface area contributed by atoms with Gasteiger partial charge < -0.3 is 23.6 Å². The van der Waals surface area contributed by atoms with E-state index in [0.29, 0.717) is 19.8 Å². The lowest BCUT2D eigenvalue weighted by atomic mass is 10.2. The van der Waals surface area contributed by atoms with Crippen molar-refractivity contribution in [3.8, 4) is 11.3 Å². The van der Waals surface area contributed by atoms with E-state index in [-0.39, 0.29) is 5.88 Å². The van der Waals surface area contributed by atoms with Crippen LogP contribution in [0.15, 0.2) is 36.9 Å². The van der Waals surface area contributed by atoms with Crippen LogP contribution in [0.25, 0.3) is 27.9 Å². The quantitative estimate of drug-likeness (QED) is 0.392. The number of aromatic amines is 1. The Bertz CT molecular complexity index is 1360. The number of imidazole rings is 1. The average Bonchev–Trinajstić information content (AvgIpc) is 3.50. The number of fused-ring (bicyclic) bond motifs is 2. The van der Waals surface area contributed by atoms with Crippen molar-refractivity contribution in [2.24, 2.45) is 0 Å².